The quantitative estimate of drug-likeness (QED) is 0.0921. The normalized spacial score (nSPS) is 12.1. The lowest BCUT2D eigenvalue weighted by molar-refractivity contribution is -0.117. The lowest BCUT2D eigenvalue weighted by atomic mass is 9.93. The van der Waals surface area contributed by atoms with E-state index in [-0.39, 0.29) is 5.76 Å². The number of nitrogens with one attached hydrogen (secondary N) is 1. The van der Waals surface area contributed by atoms with E-state index in [2.05, 4.69) is 19.2 Å². The standard InChI is InChI=1S/C30H53NO3/c1-3-5-7-9-11-13-14-16-18-20-23-27(22-19-17-15-12-10-8-6-4-2)26-31-30(33)29(32)28-24-21-25-34-28/h21,24-25,27H,3-20,22-23,26H2,1-2H3,(H,31,33). The molecule has 0 saturated heterocycles. The van der Waals surface area contributed by atoms with E-state index >= 15 is 0 Å². The van der Waals surface area contributed by atoms with Crippen LogP contribution in [-0.2, 0) is 4.79 Å². The molecule has 196 valence electrons. The molecule has 4 nitrogen and oxygen atoms in total. The minimum atomic E-state index is -0.574. The fourth-order valence-electron chi connectivity index (χ4n) is 4.67. The van der Waals surface area contributed by atoms with E-state index in [9.17, 15) is 9.59 Å². The van der Waals surface area contributed by atoms with Gasteiger partial charge in [0.1, 0.15) is 0 Å². The molecule has 34 heavy (non-hydrogen) atoms. The molecule has 0 radical (unpaired) electrons. The zero-order chi connectivity index (χ0) is 24.7. The smallest absolute Gasteiger partial charge is 0.295 e. The molecule has 1 aromatic heterocycles. The van der Waals surface area contributed by atoms with Gasteiger partial charge >= 0.3 is 0 Å². The molecule has 0 aliphatic rings. The molecule has 1 aromatic rings. The van der Waals surface area contributed by atoms with Crippen molar-refractivity contribution in [2.24, 2.45) is 5.92 Å². The van der Waals surface area contributed by atoms with Gasteiger partial charge in [0.05, 0.1) is 6.26 Å². The molecule has 0 spiro atoms. The average molecular weight is 476 g/mol. The van der Waals surface area contributed by atoms with Crippen LogP contribution in [-0.4, -0.2) is 18.2 Å². The van der Waals surface area contributed by atoms with Crippen molar-refractivity contribution in [3.8, 4) is 0 Å². The third kappa shape index (κ3) is 16.1. The van der Waals surface area contributed by atoms with Gasteiger partial charge in [0.2, 0.25) is 0 Å². The number of furan rings is 1. The maximum Gasteiger partial charge on any atom is 0.295 e. The van der Waals surface area contributed by atoms with Crippen LogP contribution in [0.2, 0.25) is 0 Å². The molecule has 1 amide bonds. The lowest BCUT2D eigenvalue weighted by Gasteiger charge is -2.17. The SMILES string of the molecule is CCCCCCCCCCCCC(CCCCCCCCCC)CNC(=O)C(=O)c1ccco1. The number of amides is 1. The van der Waals surface area contributed by atoms with Gasteiger partial charge in [-0.05, 0) is 30.9 Å². The van der Waals surface area contributed by atoms with Gasteiger partial charge in [-0.3, -0.25) is 9.59 Å². The highest BCUT2D eigenvalue weighted by Crippen LogP contribution is 2.19. The van der Waals surface area contributed by atoms with Crippen LogP contribution in [0.3, 0.4) is 0 Å². The minimum Gasteiger partial charge on any atom is -0.461 e. The Morgan fingerprint density at radius 2 is 1.15 bits per heavy atom. The van der Waals surface area contributed by atoms with Gasteiger partial charge in [-0.25, -0.2) is 0 Å². The Bertz CT molecular complexity index is 596. The molecule has 0 aliphatic carbocycles. The first kappa shape index (κ1) is 30.5. The van der Waals surface area contributed by atoms with Gasteiger partial charge in [-0.15, -0.1) is 0 Å². The molecule has 0 aromatic carbocycles. The van der Waals surface area contributed by atoms with Crippen LogP contribution in [0.25, 0.3) is 0 Å². The van der Waals surface area contributed by atoms with Gasteiger partial charge in [0, 0.05) is 6.54 Å². The molecule has 1 rings (SSSR count). The van der Waals surface area contributed by atoms with Crippen LogP contribution in [0.15, 0.2) is 22.8 Å². The lowest BCUT2D eigenvalue weighted by Crippen LogP contribution is -2.34. The summed E-state index contributed by atoms with van der Waals surface area (Å²) in [5.41, 5.74) is 0. The van der Waals surface area contributed by atoms with E-state index in [1.54, 1.807) is 12.1 Å². The maximum absolute atomic E-state index is 12.3. The van der Waals surface area contributed by atoms with Crippen molar-refractivity contribution in [3.05, 3.63) is 24.2 Å². The topological polar surface area (TPSA) is 59.3 Å². The van der Waals surface area contributed by atoms with Crippen LogP contribution < -0.4 is 5.32 Å². The molecule has 0 saturated carbocycles. The van der Waals surface area contributed by atoms with Gasteiger partial charge in [0.25, 0.3) is 11.7 Å². The summed E-state index contributed by atoms with van der Waals surface area (Å²) in [5.74, 6) is -0.539. The Balaban J connectivity index is 2.25. The first-order valence-electron chi connectivity index (χ1n) is 14.5. The second-order valence-electron chi connectivity index (χ2n) is 10.1. The monoisotopic (exact) mass is 475 g/mol. The predicted molar refractivity (Wildman–Crippen MR) is 143 cm³/mol. The second kappa shape index (κ2) is 21.9. The number of hydrogen-bond acceptors (Lipinski definition) is 3. The van der Waals surface area contributed by atoms with Crippen LogP contribution in [0, 0.1) is 5.92 Å². The highest BCUT2D eigenvalue weighted by molar-refractivity contribution is 6.42. The summed E-state index contributed by atoms with van der Waals surface area (Å²) in [4.78, 5) is 24.4. The van der Waals surface area contributed by atoms with Gasteiger partial charge in [0.15, 0.2) is 5.76 Å². The molecule has 0 bridgehead atoms. The molecule has 1 N–H and O–H groups in total. The third-order valence-electron chi connectivity index (χ3n) is 6.93. The summed E-state index contributed by atoms with van der Waals surface area (Å²) in [6, 6.07) is 3.18. The predicted octanol–water partition coefficient (Wildman–Crippen LogP) is 9.04. The van der Waals surface area contributed by atoms with Gasteiger partial charge in [-0.2, -0.15) is 0 Å². The molecular weight excluding hydrogens is 422 g/mol. The van der Waals surface area contributed by atoms with Crippen LogP contribution in [0.4, 0.5) is 0 Å². The summed E-state index contributed by atoms with van der Waals surface area (Å²) in [6.45, 7) is 5.12. The van der Waals surface area contributed by atoms with Gasteiger partial charge < -0.3 is 9.73 Å². The van der Waals surface area contributed by atoms with Crippen LogP contribution >= 0.6 is 0 Å². The van der Waals surface area contributed by atoms with Gasteiger partial charge in [-0.1, -0.05) is 129 Å². The van der Waals surface area contributed by atoms with Crippen molar-refractivity contribution >= 4 is 11.7 Å². The van der Waals surface area contributed by atoms with E-state index in [1.165, 1.54) is 122 Å². The number of ketones is 1. The fourth-order valence-corrected chi connectivity index (χ4v) is 4.67. The Kier molecular flexibility index (Phi) is 19.6. The zero-order valence-electron chi connectivity index (χ0n) is 22.4. The first-order chi connectivity index (χ1) is 16.7. The summed E-state index contributed by atoms with van der Waals surface area (Å²) < 4.78 is 5.08. The van der Waals surface area contributed by atoms with E-state index in [1.807, 2.05) is 0 Å². The van der Waals surface area contributed by atoms with Crippen LogP contribution in [0.1, 0.15) is 153 Å². The Hall–Kier alpha value is -1.58. The summed E-state index contributed by atoms with van der Waals surface area (Å²) in [6.07, 6.45) is 27.7. The Labute approximate surface area is 210 Å². The van der Waals surface area contributed by atoms with Crippen molar-refractivity contribution in [3.63, 3.8) is 0 Å². The zero-order valence-corrected chi connectivity index (χ0v) is 22.4. The summed E-state index contributed by atoms with van der Waals surface area (Å²) >= 11 is 0. The largest absolute Gasteiger partial charge is 0.461 e. The van der Waals surface area contributed by atoms with Crippen LogP contribution in [0.5, 0.6) is 0 Å². The van der Waals surface area contributed by atoms with E-state index in [4.69, 9.17) is 4.42 Å². The summed E-state index contributed by atoms with van der Waals surface area (Å²) in [7, 11) is 0. The maximum atomic E-state index is 12.3. The molecule has 1 heterocycles. The van der Waals surface area contributed by atoms with Crippen molar-refractivity contribution in [1.29, 1.82) is 0 Å². The number of carbonyl (C=O) groups is 2. The summed E-state index contributed by atoms with van der Waals surface area (Å²) in [5, 5.41) is 2.88. The third-order valence-corrected chi connectivity index (χ3v) is 6.93. The van der Waals surface area contributed by atoms with E-state index < -0.39 is 11.7 Å². The molecule has 0 aliphatic heterocycles. The number of unbranched alkanes of at least 4 members (excludes halogenated alkanes) is 16. The fraction of sp³-hybridized carbons (Fsp3) is 0.800. The first-order valence-corrected chi connectivity index (χ1v) is 14.5. The minimum absolute atomic E-state index is 0.117. The highest BCUT2D eigenvalue weighted by Gasteiger charge is 2.20. The molecule has 1 atom stereocenters. The van der Waals surface area contributed by atoms with Crippen molar-refractivity contribution in [1.82, 2.24) is 5.32 Å². The Morgan fingerprint density at radius 3 is 1.56 bits per heavy atom. The number of carbonyl (C=O) groups excluding carboxylic acids is 2. The second-order valence-corrected chi connectivity index (χ2v) is 10.1. The van der Waals surface area contributed by atoms with E-state index in [0.29, 0.717) is 12.5 Å². The molecular formula is C30H53NO3. The number of Topliss-reactive ketones (excluding diaryl/α,β-unsaturated/α-hetero) is 1. The average Bonchev–Trinajstić information content (AvgIpc) is 3.39. The number of rotatable bonds is 24. The van der Waals surface area contributed by atoms with Crippen molar-refractivity contribution < 1.29 is 14.0 Å². The molecule has 4 heteroatoms. The molecule has 0 fully saturated rings. The Morgan fingerprint density at radius 1 is 0.706 bits per heavy atom. The van der Waals surface area contributed by atoms with Crippen molar-refractivity contribution in [2.45, 2.75) is 142 Å². The molecule has 1 unspecified atom stereocenters. The van der Waals surface area contributed by atoms with Crippen molar-refractivity contribution in [2.75, 3.05) is 6.54 Å². The number of hydrogen-bond donors (Lipinski definition) is 1. The highest BCUT2D eigenvalue weighted by atomic mass is 16.3. The van der Waals surface area contributed by atoms with E-state index in [0.717, 1.165) is 12.8 Å².